The van der Waals surface area contributed by atoms with Crippen LogP contribution in [0.1, 0.15) is 53.6 Å². The monoisotopic (exact) mass is 358 g/mol. The molecular weight excluding hydrogens is 332 g/mol. The van der Waals surface area contributed by atoms with Gasteiger partial charge in [-0.05, 0) is 56.8 Å². The SMILES string of the molecule is O=C(O)c1cc(C=NC[C@@H]2CCCN3CCCC[C@H]23)c2c(c1)COCO2. The number of nitrogens with zero attached hydrogens (tertiary/aromatic N) is 2. The third-order valence-electron chi connectivity index (χ3n) is 5.78. The zero-order valence-electron chi connectivity index (χ0n) is 15.0. The topological polar surface area (TPSA) is 71.4 Å². The van der Waals surface area contributed by atoms with E-state index in [1.807, 2.05) is 0 Å². The smallest absolute Gasteiger partial charge is 0.335 e. The molecule has 2 atom stereocenters. The number of carboxylic acid groups (broad SMARTS) is 1. The maximum Gasteiger partial charge on any atom is 0.335 e. The number of benzene rings is 1. The van der Waals surface area contributed by atoms with Gasteiger partial charge in [-0.15, -0.1) is 0 Å². The molecule has 0 unspecified atom stereocenters. The number of aromatic carboxylic acids is 1. The van der Waals surface area contributed by atoms with Crippen LogP contribution in [0.4, 0.5) is 0 Å². The lowest BCUT2D eigenvalue weighted by molar-refractivity contribution is -0.0165. The van der Waals surface area contributed by atoms with Gasteiger partial charge in [0.25, 0.3) is 0 Å². The highest BCUT2D eigenvalue weighted by molar-refractivity contribution is 5.93. The third-order valence-corrected chi connectivity index (χ3v) is 5.78. The van der Waals surface area contributed by atoms with Crippen molar-refractivity contribution in [3.63, 3.8) is 0 Å². The Morgan fingerprint density at radius 3 is 3.04 bits per heavy atom. The highest BCUT2D eigenvalue weighted by Gasteiger charge is 2.32. The Hall–Kier alpha value is -1.92. The fraction of sp³-hybridized carbons (Fsp3) is 0.600. The van der Waals surface area contributed by atoms with Crippen LogP contribution in [0.3, 0.4) is 0 Å². The van der Waals surface area contributed by atoms with Crippen LogP contribution in [0.5, 0.6) is 5.75 Å². The minimum atomic E-state index is -0.946. The van der Waals surface area contributed by atoms with E-state index >= 15 is 0 Å². The molecule has 3 aliphatic heterocycles. The van der Waals surface area contributed by atoms with E-state index in [2.05, 4.69) is 4.90 Å². The van der Waals surface area contributed by atoms with Crippen molar-refractivity contribution in [2.75, 3.05) is 26.4 Å². The Morgan fingerprint density at radius 2 is 2.15 bits per heavy atom. The van der Waals surface area contributed by atoms with Gasteiger partial charge in [-0.1, -0.05) is 6.42 Å². The Bertz CT molecular complexity index is 701. The fourth-order valence-electron chi connectivity index (χ4n) is 4.54. The Balaban J connectivity index is 1.51. The van der Waals surface area contributed by atoms with Crippen LogP contribution in [-0.2, 0) is 11.3 Å². The number of carbonyl (C=O) groups is 1. The summed E-state index contributed by atoms with van der Waals surface area (Å²) in [6.07, 6.45) is 8.20. The molecule has 0 amide bonds. The molecule has 0 radical (unpaired) electrons. The summed E-state index contributed by atoms with van der Waals surface area (Å²) in [6, 6.07) is 3.93. The van der Waals surface area contributed by atoms with E-state index in [-0.39, 0.29) is 12.4 Å². The zero-order valence-corrected chi connectivity index (χ0v) is 15.0. The molecule has 6 nitrogen and oxygen atoms in total. The first-order chi connectivity index (χ1) is 12.7. The van der Waals surface area contributed by atoms with Crippen LogP contribution in [0, 0.1) is 5.92 Å². The Morgan fingerprint density at radius 1 is 1.27 bits per heavy atom. The van der Waals surface area contributed by atoms with E-state index in [0.29, 0.717) is 24.3 Å². The maximum atomic E-state index is 11.4. The molecule has 0 aromatic heterocycles. The molecule has 3 aliphatic rings. The standard InChI is InChI=1S/C20H26N2O4/c23-20(24)15-8-16(19-17(9-15)12-25-13-26-19)11-21-10-14-4-3-7-22-6-2-1-5-18(14)22/h8-9,11,14,18H,1-7,10,12-13H2,(H,23,24)/t14-,18+/m0/s1. The first kappa shape index (κ1) is 17.5. The molecule has 1 N–H and O–H groups in total. The number of fused-ring (bicyclic) bond motifs is 2. The molecule has 3 heterocycles. The van der Waals surface area contributed by atoms with E-state index in [4.69, 9.17) is 14.5 Å². The van der Waals surface area contributed by atoms with Crippen LogP contribution < -0.4 is 4.74 Å². The minimum Gasteiger partial charge on any atom is -0.478 e. The van der Waals surface area contributed by atoms with Crippen LogP contribution >= 0.6 is 0 Å². The summed E-state index contributed by atoms with van der Waals surface area (Å²) >= 11 is 0. The van der Waals surface area contributed by atoms with Gasteiger partial charge in [0.2, 0.25) is 0 Å². The predicted molar refractivity (Wildman–Crippen MR) is 98.1 cm³/mol. The van der Waals surface area contributed by atoms with Gasteiger partial charge in [0.1, 0.15) is 5.75 Å². The van der Waals surface area contributed by atoms with Crippen molar-refractivity contribution in [3.8, 4) is 5.75 Å². The van der Waals surface area contributed by atoms with Crippen LogP contribution in [0.15, 0.2) is 17.1 Å². The molecule has 6 heteroatoms. The second kappa shape index (κ2) is 7.76. The summed E-state index contributed by atoms with van der Waals surface area (Å²) in [7, 11) is 0. The quantitative estimate of drug-likeness (QED) is 0.838. The van der Waals surface area contributed by atoms with E-state index in [1.165, 1.54) is 45.2 Å². The van der Waals surface area contributed by atoms with Crippen LogP contribution in [0.25, 0.3) is 0 Å². The van der Waals surface area contributed by atoms with Gasteiger partial charge in [-0.2, -0.15) is 0 Å². The normalized spacial score (nSPS) is 26.2. The van der Waals surface area contributed by atoms with E-state index in [9.17, 15) is 9.90 Å². The van der Waals surface area contributed by atoms with Crippen molar-refractivity contribution < 1.29 is 19.4 Å². The molecule has 1 aromatic carbocycles. The molecule has 2 saturated heterocycles. The average Bonchev–Trinajstić information content (AvgIpc) is 2.68. The summed E-state index contributed by atoms with van der Waals surface area (Å²) in [5.41, 5.74) is 1.75. The number of carboxylic acids is 1. The van der Waals surface area contributed by atoms with Gasteiger partial charge in [-0.25, -0.2) is 4.79 Å². The van der Waals surface area contributed by atoms with Crippen molar-refractivity contribution in [1.82, 2.24) is 4.90 Å². The number of aliphatic imine (C=N–C) groups is 1. The second-order valence-electron chi connectivity index (χ2n) is 7.47. The summed E-state index contributed by atoms with van der Waals surface area (Å²) in [4.78, 5) is 18.7. The Kier molecular flexibility index (Phi) is 5.22. The molecule has 0 bridgehead atoms. The second-order valence-corrected chi connectivity index (χ2v) is 7.47. The van der Waals surface area contributed by atoms with Crippen LogP contribution in [0.2, 0.25) is 0 Å². The minimum absolute atomic E-state index is 0.194. The lowest BCUT2D eigenvalue weighted by Gasteiger charge is -2.44. The lowest BCUT2D eigenvalue weighted by atomic mass is 9.83. The molecule has 0 spiro atoms. The highest BCUT2D eigenvalue weighted by Crippen LogP contribution is 2.32. The number of ether oxygens (including phenoxy) is 2. The first-order valence-electron chi connectivity index (χ1n) is 9.57. The molecule has 1 aromatic rings. The van der Waals surface area contributed by atoms with Gasteiger partial charge < -0.3 is 19.5 Å². The lowest BCUT2D eigenvalue weighted by Crippen LogP contribution is -2.48. The van der Waals surface area contributed by atoms with E-state index in [1.54, 1.807) is 18.3 Å². The van der Waals surface area contributed by atoms with Gasteiger partial charge in [0.05, 0.1) is 12.2 Å². The van der Waals surface area contributed by atoms with Gasteiger partial charge in [0.15, 0.2) is 6.79 Å². The average molecular weight is 358 g/mol. The molecule has 4 rings (SSSR count). The van der Waals surface area contributed by atoms with Crippen LogP contribution in [-0.4, -0.2) is 54.7 Å². The molecule has 0 saturated carbocycles. The van der Waals surface area contributed by atoms with Crippen molar-refractivity contribution in [3.05, 3.63) is 28.8 Å². The van der Waals surface area contributed by atoms with Gasteiger partial charge in [-0.3, -0.25) is 4.99 Å². The zero-order chi connectivity index (χ0) is 17.9. The van der Waals surface area contributed by atoms with Gasteiger partial charge in [0, 0.05) is 29.9 Å². The fourth-order valence-corrected chi connectivity index (χ4v) is 4.54. The maximum absolute atomic E-state index is 11.4. The molecule has 0 aliphatic carbocycles. The number of hydrogen-bond donors (Lipinski definition) is 1. The summed E-state index contributed by atoms with van der Waals surface area (Å²) in [6.45, 7) is 3.82. The third kappa shape index (κ3) is 3.62. The van der Waals surface area contributed by atoms with Crippen molar-refractivity contribution in [2.24, 2.45) is 10.9 Å². The van der Waals surface area contributed by atoms with Gasteiger partial charge >= 0.3 is 5.97 Å². The van der Waals surface area contributed by atoms with Crippen molar-refractivity contribution in [2.45, 2.75) is 44.8 Å². The molecular formula is C20H26N2O4. The van der Waals surface area contributed by atoms with Crippen molar-refractivity contribution in [1.29, 1.82) is 0 Å². The molecule has 26 heavy (non-hydrogen) atoms. The van der Waals surface area contributed by atoms with E-state index < -0.39 is 5.97 Å². The summed E-state index contributed by atoms with van der Waals surface area (Å²) < 4.78 is 10.9. The van der Waals surface area contributed by atoms with E-state index in [0.717, 1.165) is 17.7 Å². The van der Waals surface area contributed by atoms with Crippen molar-refractivity contribution >= 4 is 12.2 Å². The Labute approximate surface area is 153 Å². The first-order valence-corrected chi connectivity index (χ1v) is 9.57. The predicted octanol–water partition coefficient (Wildman–Crippen LogP) is 2.93. The summed E-state index contributed by atoms with van der Waals surface area (Å²) in [5, 5.41) is 9.34. The number of rotatable bonds is 4. The largest absolute Gasteiger partial charge is 0.478 e. The number of piperidine rings is 2. The molecule has 140 valence electrons. The highest BCUT2D eigenvalue weighted by atomic mass is 16.7. The molecule has 2 fully saturated rings. The number of hydrogen-bond acceptors (Lipinski definition) is 5. The summed E-state index contributed by atoms with van der Waals surface area (Å²) in [5.74, 6) is 0.356.